The number of ether oxygens (including phenoxy) is 4. The van der Waals surface area contributed by atoms with Crippen LogP contribution in [0.25, 0.3) is 6.08 Å². The van der Waals surface area contributed by atoms with Gasteiger partial charge in [0.05, 0.1) is 18.2 Å². The number of carbonyl (C=O) groups excluding carboxylic acids is 2. The summed E-state index contributed by atoms with van der Waals surface area (Å²) >= 11 is 3.35. The molecule has 0 aliphatic carbocycles. The third-order valence-electron chi connectivity index (χ3n) is 3.83. The molecule has 2 aromatic rings. The first-order valence-electron chi connectivity index (χ1n) is 8.73. The average Bonchev–Trinajstić information content (AvgIpc) is 3.04. The van der Waals surface area contributed by atoms with E-state index in [2.05, 4.69) is 20.9 Å². The van der Waals surface area contributed by atoms with Gasteiger partial charge in [0.1, 0.15) is 5.75 Å². The first-order chi connectivity index (χ1) is 13.9. The summed E-state index contributed by atoms with van der Waals surface area (Å²) in [5.41, 5.74) is 1.42. The van der Waals surface area contributed by atoms with Gasteiger partial charge in [0.25, 0.3) is 0 Å². The zero-order valence-corrected chi connectivity index (χ0v) is 17.6. The van der Waals surface area contributed by atoms with E-state index in [0.717, 1.165) is 5.75 Å². The third kappa shape index (κ3) is 4.83. The molecule has 0 saturated heterocycles. The van der Waals surface area contributed by atoms with Gasteiger partial charge >= 0.3 is 11.9 Å². The molecular weight excluding hydrogens is 442 g/mol. The number of cyclic esters (lactones) is 1. The van der Waals surface area contributed by atoms with Gasteiger partial charge in [0.2, 0.25) is 5.90 Å². The van der Waals surface area contributed by atoms with Crippen molar-refractivity contribution in [3.8, 4) is 17.2 Å². The van der Waals surface area contributed by atoms with Gasteiger partial charge in [-0.1, -0.05) is 0 Å². The molecule has 0 fully saturated rings. The molecule has 2 aromatic carbocycles. The first kappa shape index (κ1) is 20.6. The molecule has 8 heteroatoms. The Morgan fingerprint density at radius 2 is 1.97 bits per heavy atom. The number of hydrogen-bond donors (Lipinski definition) is 0. The first-order valence-corrected chi connectivity index (χ1v) is 9.52. The molecule has 29 heavy (non-hydrogen) atoms. The monoisotopic (exact) mass is 459 g/mol. The molecule has 0 amide bonds. The van der Waals surface area contributed by atoms with Crippen LogP contribution in [0.3, 0.4) is 0 Å². The molecular formula is C21H18BrNO6. The van der Waals surface area contributed by atoms with Crippen LogP contribution in [-0.4, -0.2) is 31.6 Å². The van der Waals surface area contributed by atoms with Crippen molar-refractivity contribution in [1.82, 2.24) is 0 Å². The van der Waals surface area contributed by atoms with E-state index in [1.165, 1.54) is 14.0 Å². The van der Waals surface area contributed by atoms with Crippen LogP contribution in [-0.2, 0) is 14.3 Å². The Hall–Kier alpha value is -3.13. The van der Waals surface area contributed by atoms with Crippen molar-refractivity contribution < 1.29 is 28.5 Å². The molecule has 150 valence electrons. The molecule has 0 aromatic heterocycles. The summed E-state index contributed by atoms with van der Waals surface area (Å²) in [5, 5.41) is 0. The Balaban J connectivity index is 1.90. The highest BCUT2D eigenvalue weighted by Crippen LogP contribution is 2.37. The van der Waals surface area contributed by atoms with Crippen LogP contribution in [0.5, 0.6) is 17.2 Å². The van der Waals surface area contributed by atoms with Crippen molar-refractivity contribution in [1.29, 1.82) is 0 Å². The average molecular weight is 460 g/mol. The predicted molar refractivity (Wildman–Crippen MR) is 110 cm³/mol. The van der Waals surface area contributed by atoms with Crippen LogP contribution in [0.1, 0.15) is 25.0 Å². The van der Waals surface area contributed by atoms with Crippen LogP contribution >= 0.6 is 15.9 Å². The number of hydrogen-bond acceptors (Lipinski definition) is 7. The van der Waals surface area contributed by atoms with Crippen molar-refractivity contribution in [2.45, 2.75) is 13.8 Å². The van der Waals surface area contributed by atoms with E-state index in [-0.39, 0.29) is 17.3 Å². The van der Waals surface area contributed by atoms with Crippen molar-refractivity contribution in [3.63, 3.8) is 0 Å². The van der Waals surface area contributed by atoms with Crippen LogP contribution in [0.4, 0.5) is 0 Å². The highest BCUT2D eigenvalue weighted by atomic mass is 79.9. The number of halogens is 1. The summed E-state index contributed by atoms with van der Waals surface area (Å²) in [6, 6.07) is 10.4. The molecule has 1 aliphatic heterocycles. The van der Waals surface area contributed by atoms with Gasteiger partial charge in [-0.05, 0) is 70.9 Å². The van der Waals surface area contributed by atoms with Gasteiger partial charge < -0.3 is 18.9 Å². The Kier molecular flexibility index (Phi) is 6.33. The van der Waals surface area contributed by atoms with Gasteiger partial charge in [0.15, 0.2) is 17.2 Å². The Morgan fingerprint density at radius 3 is 2.59 bits per heavy atom. The SMILES string of the molecule is CCOc1ccc(C2=N/C(=C\c3cc(Br)c(OC(C)=O)c(OC)c3)C(=O)O2)cc1. The normalized spacial score (nSPS) is 14.4. The quantitative estimate of drug-likeness (QED) is 0.366. The number of esters is 2. The molecule has 1 aliphatic rings. The molecule has 0 N–H and O–H groups in total. The molecule has 1 heterocycles. The van der Waals surface area contributed by atoms with Crippen molar-refractivity contribution >= 4 is 39.8 Å². The fourth-order valence-corrected chi connectivity index (χ4v) is 3.16. The maximum Gasteiger partial charge on any atom is 0.363 e. The number of aliphatic imine (C=N–C) groups is 1. The highest BCUT2D eigenvalue weighted by molar-refractivity contribution is 9.10. The molecule has 7 nitrogen and oxygen atoms in total. The van der Waals surface area contributed by atoms with E-state index < -0.39 is 11.9 Å². The maximum atomic E-state index is 12.2. The van der Waals surface area contributed by atoms with Crippen LogP contribution in [0.2, 0.25) is 0 Å². The fraction of sp³-hybridized carbons (Fsp3) is 0.190. The molecule has 0 radical (unpaired) electrons. The minimum Gasteiger partial charge on any atom is -0.494 e. The lowest BCUT2D eigenvalue weighted by atomic mass is 10.1. The number of methoxy groups -OCH3 is 1. The Bertz CT molecular complexity index is 1010. The van der Waals surface area contributed by atoms with E-state index in [1.807, 2.05) is 6.92 Å². The summed E-state index contributed by atoms with van der Waals surface area (Å²) in [5.74, 6) is 0.499. The van der Waals surface area contributed by atoms with E-state index in [9.17, 15) is 9.59 Å². The zero-order chi connectivity index (χ0) is 21.0. The van der Waals surface area contributed by atoms with Gasteiger partial charge in [-0.3, -0.25) is 4.79 Å². The van der Waals surface area contributed by atoms with Gasteiger partial charge in [0, 0.05) is 12.5 Å². The van der Waals surface area contributed by atoms with Gasteiger partial charge in [-0.2, -0.15) is 0 Å². The van der Waals surface area contributed by atoms with E-state index in [0.29, 0.717) is 28.0 Å². The van der Waals surface area contributed by atoms with Gasteiger partial charge in [-0.15, -0.1) is 0 Å². The summed E-state index contributed by atoms with van der Waals surface area (Å²) in [7, 11) is 1.46. The standard InChI is InChI=1S/C21H18BrNO6/c1-4-27-15-7-5-14(6-8-15)20-23-17(21(25)29-20)10-13-9-16(22)19(28-12(2)24)18(11-13)26-3/h5-11H,4H2,1-3H3/b17-10-. The lowest BCUT2D eigenvalue weighted by Gasteiger charge is -2.11. The number of nitrogens with zero attached hydrogens (tertiary/aromatic N) is 1. The van der Waals surface area contributed by atoms with Crippen molar-refractivity contribution in [3.05, 3.63) is 57.7 Å². The predicted octanol–water partition coefficient (Wildman–Crippen LogP) is 4.13. The van der Waals surface area contributed by atoms with Crippen LogP contribution in [0, 0.1) is 0 Å². The van der Waals surface area contributed by atoms with E-state index in [4.69, 9.17) is 18.9 Å². The Morgan fingerprint density at radius 1 is 1.24 bits per heavy atom. The lowest BCUT2D eigenvalue weighted by molar-refractivity contribution is -0.132. The Labute approximate surface area is 176 Å². The zero-order valence-electron chi connectivity index (χ0n) is 16.0. The molecule has 0 atom stereocenters. The van der Waals surface area contributed by atoms with E-state index in [1.54, 1.807) is 42.5 Å². The second-order valence-electron chi connectivity index (χ2n) is 5.92. The topological polar surface area (TPSA) is 83.4 Å². The van der Waals surface area contributed by atoms with E-state index >= 15 is 0 Å². The maximum absolute atomic E-state index is 12.2. The van der Waals surface area contributed by atoms with Crippen LogP contribution in [0.15, 0.2) is 51.6 Å². The highest BCUT2D eigenvalue weighted by Gasteiger charge is 2.24. The largest absolute Gasteiger partial charge is 0.494 e. The van der Waals surface area contributed by atoms with Crippen molar-refractivity contribution in [2.24, 2.45) is 4.99 Å². The number of rotatable bonds is 6. The summed E-state index contributed by atoms with van der Waals surface area (Å²) in [6.45, 7) is 3.77. The molecule has 0 bridgehead atoms. The molecule has 0 saturated carbocycles. The third-order valence-corrected chi connectivity index (χ3v) is 4.42. The lowest BCUT2D eigenvalue weighted by Crippen LogP contribution is -2.05. The van der Waals surface area contributed by atoms with Gasteiger partial charge in [-0.25, -0.2) is 9.79 Å². The molecule has 0 spiro atoms. The number of carbonyl (C=O) groups is 2. The molecule has 3 rings (SSSR count). The number of benzene rings is 2. The second kappa shape index (κ2) is 8.91. The summed E-state index contributed by atoms with van der Waals surface area (Å²) in [6.07, 6.45) is 1.56. The fourth-order valence-electron chi connectivity index (χ4n) is 2.62. The van der Waals surface area contributed by atoms with Crippen LogP contribution < -0.4 is 14.2 Å². The summed E-state index contributed by atoms with van der Waals surface area (Å²) in [4.78, 5) is 27.8. The van der Waals surface area contributed by atoms with Crippen molar-refractivity contribution in [2.75, 3.05) is 13.7 Å². The minimum absolute atomic E-state index is 0.142. The smallest absolute Gasteiger partial charge is 0.363 e. The molecule has 0 unspecified atom stereocenters. The second-order valence-corrected chi connectivity index (χ2v) is 6.78. The summed E-state index contributed by atoms with van der Waals surface area (Å²) < 4.78 is 21.6. The minimum atomic E-state index is -0.562.